The molecule has 2 rings (SSSR count). The van der Waals surface area contributed by atoms with Crippen molar-refractivity contribution >= 4 is 11.6 Å². The number of nitrogens with two attached hydrogens (primary N) is 1. The van der Waals surface area contributed by atoms with Crippen LogP contribution < -0.4 is 11.1 Å². The van der Waals surface area contributed by atoms with Crippen LogP contribution in [0.1, 0.15) is 31.2 Å². The van der Waals surface area contributed by atoms with Gasteiger partial charge >= 0.3 is 0 Å². The predicted octanol–water partition coefficient (Wildman–Crippen LogP) is 2.84. The van der Waals surface area contributed by atoms with Crippen molar-refractivity contribution in [3.63, 3.8) is 0 Å². The van der Waals surface area contributed by atoms with E-state index in [4.69, 9.17) is 5.73 Å². The van der Waals surface area contributed by atoms with E-state index in [1.165, 1.54) is 12.1 Å². The summed E-state index contributed by atoms with van der Waals surface area (Å²) in [4.78, 5) is 12.3. The SMILES string of the molecule is Cc1ccc(F)cc1NC(=O)C1CCCCC1CN. The summed E-state index contributed by atoms with van der Waals surface area (Å²) in [5.41, 5.74) is 7.17. The van der Waals surface area contributed by atoms with Gasteiger partial charge in [0, 0.05) is 11.6 Å². The zero-order chi connectivity index (χ0) is 13.8. The summed E-state index contributed by atoms with van der Waals surface area (Å²) in [6.07, 6.45) is 4.10. The first kappa shape index (κ1) is 14.0. The largest absolute Gasteiger partial charge is 0.330 e. The third-order valence-electron chi connectivity index (χ3n) is 4.01. The van der Waals surface area contributed by atoms with Crippen LogP contribution in [0.25, 0.3) is 0 Å². The summed E-state index contributed by atoms with van der Waals surface area (Å²) in [6.45, 7) is 2.40. The van der Waals surface area contributed by atoms with Crippen LogP contribution in [0.2, 0.25) is 0 Å². The third kappa shape index (κ3) is 3.32. The molecule has 3 nitrogen and oxygen atoms in total. The Bertz CT molecular complexity index is 461. The molecule has 1 aliphatic rings. The lowest BCUT2D eigenvalue weighted by Crippen LogP contribution is -2.35. The predicted molar refractivity (Wildman–Crippen MR) is 74.3 cm³/mol. The number of benzene rings is 1. The van der Waals surface area contributed by atoms with E-state index in [2.05, 4.69) is 5.32 Å². The van der Waals surface area contributed by atoms with E-state index < -0.39 is 0 Å². The van der Waals surface area contributed by atoms with Crippen molar-refractivity contribution in [3.05, 3.63) is 29.6 Å². The molecular weight excluding hydrogens is 243 g/mol. The van der Waals surface area contributed by atoms with Crippen molar-refractivity contribution in [2.24, 2.45) is 17.6 Å². The number of halogens is 1. The third-order valence-corrected chi connectivity index (χ3v) is 4.01. The van der Waals surface area contributed by atoms with E-state index in [0.29, 0.717) is 12.2 Å². The summed E-state index contributed by atoms with van der Waals surface area (Å²) in [5, 5.41) is 2.85. The lowest BCUT2D eigenvalue weighted by Gasteiger charge is -2.29. The van der Waals surface area contributed by atoms with Crippen molar-refractivity contribution in [1.82, 2.24) is 0 Å². The van der Waals surface area contributed by atoms with Crippen LogP contribution in [0.15, 0.2) is 18.2 Å². The number of hydrogen-bond donors (Lipinski definition) is 2. The molecule has 104 valence electrons. The number of carbonyl (C=O) groups is 1. The number of nitrogens with one attached hydrogen (secondary N) is 1. The minimum Gasteiger partial charge on any atom is -0.330 e. The number of amides is 1. The molecule has 0 saturated heterocycles. The zero-order valence-corrected chi connectivity index (χ0v) is 11.3. The highest BCUT2D eigenvalue weighted by Gasteiger charge is 2.30. The van der Waals surface area contributed by atoms with Crippen LogP contribution in [0.4, 0.5) is 10.1 Å². The molecule has 2 unspecified atom stereocenters. The molecule has 0 aromatic heterocycles. The zero-order valence-electron chi connectivity index (χ0n) is 11.3. The molecule has 1 aliphatic carbocycles. The minimum atomic E-state index is -0.333. The van der Waals surface area contributed by atoms with Crippen LogP contribution >= 0.6 is 0 Å². The Labute approximate surface area is 113 Å². The molecule has 2 atom stereocenters. The summed E-state index contributed by atoms with van der Waals surface area (Å²) < 4.78 is 13.2. The van der Waals surface area contributed by atoms with Crippen molar-refractivity contribution < 1.29 is 9.18 Å². The fourth-order valence-corrected chi connectivity index (χ4v) is 2.79. The van der Waals surface area contributed by atoms with E-state index >= 15 is 0 Å². The summed E-state index contributed by atoms with van der Waals surface area (Å²) >= 11 is 0. The van der Waals surface area contributed by atoms with Gasteiger partial charge in [0.15, 0.2) is 0 Å². The minimum absolute atomic E-state index is 0.0242. The Morgan fingerprint density at radius 1 is 1.42 bits per heavy atom. The summed E-state index contributed by atoms with van der Waals surface area (Å²) in [5.74, 6) is -0.146. The molecule has 1 saturated carbocycles. The van der Waals surface area contributed by atoms with Crippen LogP contribution in [0.3, 0.4) is 0 Å². The van der Waals surface area contributed by atoms with Crippen LogP contribution in [0, 0.1) is 24.6 Å². The van der Waals surface area contributed by atoms with E-state index in [1.54, 1.807) is 6.07 Å². The first-order valence-electron chi connectivity index (χ1n) is 6.89. The second-order valence-electron chi connectivity index (χ2n) is 5.34. The topological polar surface area (TPSA) is 55.1 Å². The lowest BCUT2D eigenvalue weighted by molar-refractivity contribution is -0.122. The Morgan fingerprint density at radius 3 is 2.89 bits per heavy atom. The first-order valence-corrected chi connectivity index (χ1v) is 6.89. The molecule has 4 heteroatoms. The number of hydrogen-bond acceptors (Lipinski definition) is 2. The molecule has 19 heavy (non-hydrogen) atoms. The molecule has 0 bridgehead atoms. The Morgan fingerprint density at radius 2 is 2.16 bits per heavy atom. The molecular formula is C15H21FN2O. The average Bonchev–Trinajstić information content (AvgIpc) is 2.42. The van der Waals surface area contributed by atoms with Gasteiger partial charge in [0.2, 0.25) is 5.91 Å². The van der Waals surface area contributed by atoms with Gasteiger partial charge < -0.3 is 11.1 Å². The molecule has 0 heterocycles. The maximum absolute atomic E-state index is 13.2. The first-order chi connectivity index (χ1) is 9.11. The Hall–Kier alpha value is -1.42. The van der Waals surface area contributed by atoms with Crippen molar-refractivity contribution in [1.29, 1.82) is 0 Å². The van der Waals surface area contributed by atoms with Gasteiger partial charge in [-0.25, -0.2) is 4.39 Å². The van der Waals surface area contributed by atoms with Gasteiger partial charge in [-0.15, -0.1) is 0 Å². The summed E-state index contributed by atoms with van der Waals surface area (Å²) in [6, 6.07) is 4.44. The number of aryl methyl sites for hydroxylation is 1. The van der Waals surface area contributed by atoms with Gasteiger partial charge in [-0.05, 0) is 49.9 Å². The number of carbonyl (C=O) groups excluding carboxylic acids is 1. The van der Waals surface area contributed by atoms with Gasteiger partial charge in [0.05, 0.1) is 0 Å². The quantitative estimate of drug-likeness (QED) is 0.882. The molecule has 0 spiro atoms. The monoisotopic (exact) mass is 264 g/mol. The van der Waals surface area contributed by atoms with Gasteiger partial charge in [-0.2, -0.15) is 0 Å². The smallest absolute Gasteiger partial charge is 0.227 e. The van der Waals surface area contributed by atoms with Gasteiger partial charge in [0.25, 0.3) is 0 Å². The number of anilines is 1. The molecule has 0 radical (unpaired) electrons. The summed E-state index contributed by atoms with van der Waals surface area (Å²) in [7, 11) is 0. The van der Waals surface area contributed by atoms with E-state index in [-0.39, 0.29) is 23.6 Å². The van der Waals surface area contributed by atoms with Gasteiger partial charge in [0.1, 0.15) is 5.82 Å². The van der Waals surface area contributed by atoms with Crippen LogP contribution in [0.5, 0.6) is 0 Å². The molecule has 1 aromatic carbocycles. The van der Waals surface area contributed by atoms with Crippen LogP contribution in [-0.2, 0) is 4.79 Å². The number of rotatable bonds is 3. The van der Waals surface area contributed by atoms with Crippen molar-refractivity contribution in [3.8, 4) is 0 Å². The second-order valence-corrected chi connectivity index (χ2v) is 5.34. The van der Waals surface area contributed by atoms with Crippen LogP contribution in [-0.4, -0.2) is 12.5 Å². The van der Waals surface area contributed by atoms with Crippen molar-refractivity contribution in [2.75, 3.05) is 11.9 Å². The molecule has 0 aliphatic heterocycles. The second kappa shape index (κ2) is 6.15. The lowest BCUT2D eigenvalue weighted by atomic mass is 9.78. The van der Waals surface area contributed by atoms with E-state index in [1.807, 2.05) is 6.92 Å². The van der Waals surface area contributed by atoms with Gasteiger partial charge in [-0.1, -0.05) is 18.9 Å². The Balaban J connectivity index is 2.09. The van der Waals surface area contributed by atoms with Gasteiger partial charge in [-0.3, -0.25) is 4.79 Å². The van der Waals surface area contributed by atoms with E-state index in [9.17, 15) is 9.18 Å². The van der Waals surface area contributed by atoms with E-state index in [0.717, 1.165) is 31.2 Å². The fourth-order valence-electron chi connectivity index (χ4n) is 2.79. The highest BCUT2D eigenvalue weighted by molar-refractivity contribution is 5.93. The Kier molecular flexibility index (Phi) is 4.53. The highest BCUT2D eigenvalue weighted by Crippen LogP contribution is 2.30. The van der Waals surface area contributed by atoms with Crippen molar-refractivity contribution in [2.45, 2.75) is 32.6 Å². The highest BCUT2D eigenvalue weighted by atomic mass is 19.1. The maximum atomic E-state index is 13.2. The fraction of sp³-hybridized carbons (Fsp3) is 0.533. The molecule has 1 aromatic rings. The molecule has 3 N–H and O–H groups in total. The molecule has 1 amide bonds. The average molecular weight is 264 g/mol. The standard InChI is InChI=1S/C15H21FN2O/c1-10-6-7-12(16)8-14(10)18-15(19)13-5-3-2-4-11(13)9-17/h6-8,11,13H,2-5,9,17H2,1H3,(H,18,19). The normalized spacial score (nSPS) is 23.1. The molecule has 1 fully saturated rings. The maximum Gasteiger partial charge on any atom is 0.227 e.